The Morgan fingerprint density at radius 2 is 2.00 bits per heavy atom. The van der Waals surface area contributed by atoms with Crippen molar-refractivity contribution in [2.75, 3.05) is 0 Å². The minimum absolute atomic E-state index is 0.0960. The molecule has 9 heteroatoms. The molecule has 3 amide bonds. The number of rotatable bonds is 7. The third-order valence-electron chi connectivity index (χ3n) is 4.63. The van der Waals surface area contributed by atoms with Crippen LogP contribution in [-0.4, -0.2) is 34.2 Å². The van der Waals surface area contributed by atoms with Crippen LogP contribution < -0.4 is 10.7 Å². The van der Waals surface area contributed by atoms with Crippen LogP contribution in [0, 0.1) is 0 Å². The first kappa shape index (κ1) is 22.2. The van der Waals surface area contributed by atoms with Crippen LogP contribution in [0.2, 0.25) is 0 Å². The maximum atomic E-state index is 11.9. The summed E-state index contributed by atoms with van der Waals surface area (Å²) in [7, 11) is 0. The predicted molar refractivity (Wildman–Crippen MR) is 122 cm³/mol. The number of hydrogen-bond donors (Lipinski definition) is 4. The number of fused-ring (bicyclic) bond motifs is 1. The van der Waals surface area contributed by atoms with Crippen molar-refractivity contribution in [1.29, 1.82) is 0 Å². The number of unbranched alkanes of at least 4 members (excludes halogenated alkanes) is 1. The van der Waals surface area contributed by atoms with E-state index in [-0.39, 0.29) is 17.9 Å². The van der Waals surface area contributed by atoms with Crippen molar-refractivity contribution in [2.24, 2.45) is 5.10 Å². The summed E-state index contributed by atoms with van der Waals surface area (Å²) in [5.41, 5.74) is 4.89. The van der Waals surface area contributed by atoms with Gasteiger partial charge in [-0.3, -0.25) is 10.1 Å². The van der Waals surface area contributed by atoms with Crippen molar-refractivity contribution >= 4 is 51.0 Å². The molecule has 0 atom stereocenters. The minimum atomic E-state index is -1.08. The minimum Gasteiger partial charge on any atom is -0.478 e. The molecule has 0 bridgehead atoms. The van der Waals surface area contributed by atoms with Crippen LogP contribution in [0.1, 0.15) is 42.1 Å². The molecule has 1 heterocycles. The lowest BCUT2D eigenvalue weighted by molar-refractivity contribution is -0.120. The van der Waals surface area contributed by atoms with Gasteiger partial charge >= 0.3 is 12.0 Å². The number of aromatic nitrogens is 1. The molecule has 160 valence electrons. The second-order valence-electron chi connectivity index (χ2n) is 6.82. The Morgan fingerprint density at radius 3 is 2.74 bits per heavy atom. The van der Waals surface area contributed by atoms with Crippen LogP contribution in [-0.2, 0) is 4.79 Å². The summed E-state index contributed by atoms with van der Waals surface area (Å²) in [6, 6.07) is 9.82. The smallest absolute Gasteiger partial charge is 0.341 e. The number of aromatic carboxylic acids is 1. The Kier molecular flexibility index (Phi) is 7.19. The highest BCUT2D eigenvalue weighted by atomic mass is 79.9. The number of hydrogen-bond acceptors (Lipinski definition) is 4. The summed E-state index contributed by atoms with van der Waals surface area (Å²) in [5.74, 6) is -1.47. The highest BCUT2D eigenvalue weighted by Crippen LogP contribution is 2.33. The van der Waals surface area contributed by atoms with Crippen LogP contribution in [0.25, 0.3) is 22.0 Å². The van der Waals surface area contributed by atoms with E-state index in [1.54, 1.807) is 12.3 Å². The predicted octanol–water partition coefficient (Wildman–Crippen LogP) is 4.65. The van der Waals surface area contributed by atoms with Crippen LogP contribution in [0.3, 0.4) is 0 Å². The Labute approximate surface area is 186 Å². The van der Waals surface area contributed by atoms with Crippen LogP contribution in [0.5, 0.6) is 0 Å². The third kappa shape index (κ3) is 5.37. The number of benzene rings is 2. The van der Waals surface area contributed by atoms with Crippen molar-refractivity contribution in [3.8, 4) is 11.1 Å². The van der Waals surface area contributed by atoms with Gasteiger partial charge in [0.1, 0.15) is 0 Å². The topological polar surface area (TPSA) is 124 Å². The van der Waals surface area contributed by atoms with Gasteiger partial charge in [-0.25, -0.2) is 15.0 Å². The summed E-state index contributed by atoms with van der Waals surface area (Å²) in [6.07, 6.45) is 4.94. The van der Waals surface area contributed by atoms with E-state index in [1.807, 2.05) is 31.2 Å². The molecule has 1 aromatic heterocycles. The van der Waals surface area contributed by atoms with Crippen LogP contribution in [0.15, 0.2) is 52.2 Å². The average molecular weight is 485 g/mol. The molecule has 0 aliphatic heterocycles. The number of nitrogens with zero attached hydrogens (tertiary/aromatic N) is 1. The Hall–Kier alpha value is -3.46. The quantitative estimate of drug-likeness (QED) is 0.287. The van der Waals surface area contributed by atoms with Gasteiger partial charge in [0.2, 0.25) is 5.91 Å². The number of amides is 3. The molecule has 0 saturated heterocycles. The first-order valence-corrected chi connectivity index (χ1v) is 10.5. The molecule has 0 unspecified atom stereocenters. The molecule has 2 aromatic carbocycles. The number of H-pyrrole nitrogens is 1. The van der Waals surface area contributed by atoms with E-state index in [0.29, 0.717) is 27.6 Å². The Morgan fingerprint density at radius 1 is 1.19 bits per heavy atom. The lowest BCUT2D eigenvalue weighted by Crippen LogP contribution is -2.36. The van der Waals surface area contributed by atoms with Gasteiger partial charge in [-0.15, -0.1) is 0 Å². The molecule has 3 aromatic rings. The van der Waals surface area contributed by atoms with E-state index in [2.05, 4.69) is 36.8 Å². The number of carbonyl (C=O) groups excluding carboxylic acids is 2. The summed E-state index contributed by atoms with van der Waals surface area (Å²) in [4.78, 5) is 38.5. The van der Waals surface area contributed by atoms with Gasteiger partial charge in [0, 0.05) is 33.7 Å². The molecule has 3 rings (SSSR count). The zero-order chi connectivity index (χ0) is 22.4. The summed E-state index contributed by atoms with van der Waals surface area (Å²) in [5, 5.41) is 16.7. The molecular weight excluding hydrogens is 464 g/mol. The lowest BCUT2D eigenvalue weighted by Gasteiger charge is -2.12. The van der Waals surface area contributed by atoms with E-state index >= 15 is 0 Å². The number of aromatic amines is 1. The average Bonchev–Trinajstić information content (AvgIpc) is 3.20. The van der Waals surface area contributed by atoms with E-state index in [9.17, 15) is 19.5 Å². The maximum Gasteiger partial charge on any atom is 0.341 e. The van der Waals surface area contributed by atoms with Gasteiger partial charge in [0.25, 0.3) is 0 Å². The van der Waals surface area contributed by atoms with E-state index in [0.717, 1.165) is 17.3 Å². The molecule has 8 nitrogen and oxygen atoms in total. The molecule has 0 aliphatic carbocycles. The molecular formula is C22H21BrN4O4. The van der Waals surface area contributed by atoms with Crippen molar-refractivity contribution < 1.29 is 19.5 Å². The summed E-state index contributed by atoms with van der Waals surface area (Å²) >= 11 is 3.43. The fraction of sp³-hybridized carbons (Fsp3) is 0.182. The van der Waals surface area contributed by atoms with Crippen molar-refractivity contribution in [3.63, 3.8) is 0 Å². The number of carboxylic acid groups (broad SMARTS) is 1. The molecule has 31 heavy (non-hydrogen) atoms. The van der Waals surface area contributed by atoms with Gasteiger partial charge < -0.3 is 10.1 Å². The fourth-order valence-electron chi connectivity index (χ4n) is 3.13. The monoisotopic (exact) mass is 484 g/mol. The number of imide groups is 1. The molecule has 0 aliphatic rings. The van der Waals surface area contributed by atoms with E-state index < -0.39 is 12.0 Å². The van der Waals surface area contributed by atoms with Crippen molar-refractivity contribution in [1.82, 2.24) is 15.7 Å². The number of halogens is 1. The largest absolute Gasteiger partial charge is 0.478 e. The molecule has 0 saturated carbocycles. The first-order chi connectivity index (χ1) is 14.9. The highest BCUT2D eigenvalue weighted by Gasteiger charge is 2.18. The number of nitrogens with one attached hydrogen (secondary N) is 3. The zero-order valence-electron chi connectivity index (χ0n) is 16.7. The first-order valence-electron chi connectivity index (χ1n) is 9.67. The van der Waals surface area contributed by atoms with Crippen LogP contribution in [0.4, 0.5) is 4.79 Å². The second kappa shape index (κ2) is 10.0. The van der Waals surface area contributed by atoms with Gasteiger partial charge in [-0.2, -0.15) is 5.10 Å². The van der Waals surface area contributed by atoms with E-state index in [4.69, 9.17) is 0 Å². The number of hydrazone groups is 1. The summed E-state index contributed by atoms with van der Waals surface area (Å²) < 4.78 is 0.603. The van der Waals surface area contributed by atoms with Gasteiger partial charge in [-0.05, 0) is 47.7 Å². The zero-order valence-corrected chi connectivity index (χ0v) is 18.3. The van der Waals surface area contributed by atoms with E-state index in [1.165, 1.54) is 12.3 Å². The molecule has 0 radical (unpaired) electrons. The SMILES string of the molecule is CCCCC(=O)NC(=O)NN=Cc1c(Br)ccc(C(=O)O)c1-c1ccc2[nH]ccc2c1. The summed E-state index contributed by atoms with van der Waals surface area (Å²) in [6.45, 7) is 1.95. The van der Waals surface area contributed by atoms with Crippen molar-refractivity contribution in [2.45, 2.75) is 26.2 Å². The fourth-order valence-corrected chi connectivity index (χ4v) is 3.56. The van der Waals surface area contributed by atoms with Gasteiger partial charge in [0.15, 0.2) is 0 Å². The lowest BCUT2D eigenvalue weighted by atomic mass is 9.94. The maximum absolute atomic E-state index is 11.9. The normalized spacial score (nSPS) is 11.0. The Bertz CT molecular complexity index is 1170. The number of urea groups is 1. The molecule has 4 N–H and O–H groups in total. The number of carboxylic acids is 1. The molecule has 0 spiro atoms. The Balaban J connectivity index is 1.91. The highest BCUT2D eigenvalue weighted by molar-refractivity contribution is 9.10. The second-order valence-corrected chi connectivity index (χ2v) is 7.67. The van der Waals surface area contributed by atoms with Gasteiger partial charge in [-0.1, -0.05) is 35.3 Å². The standard InChI is InChI=1S/C22H21BrN4O4/c1-2-3-4-19(28)26-22(31)27-25-12-16-17(23)7-6-15(21(29)30)20(16)14-5-8-18-13(11-14)9-10-24-18/h5-12,24H,2-4H2,1H3,(H,29,30)(H2,26,27,28,31). The molecule has 0 fully saturated rings. The van der Waals surface area contributed by atoms with Gasteiger partial charge in [0.05, 0.1) is 11.8 Å². The third-order valence-corrected chi connectivity index (χ3v) is 5.33. The van der Waals surface area contributed by atoms with Crippen LogP contribution >= 0.6 is 15.9 Å². The van der Waals surface area contributed by atoms with Crippen molar-refractivity contribution in [3.05, 3.63) is 58.2 Å². The number of carbonyl (C=O) groups is 3.